The van der Waals surface area contributed by atoms with Crippen molar-refractivity contribution >= 4 is 17.9 Å². The van der Waals surface area contributed by atoms with Crippen molar-refractivity contribution in [1.82, 2.24) is 4.90 Å². The van der Waals surface area contributed by atoms with Crippen LogP contribution in [0.4, 0.5) is 18.0 Å². The quantitative estimate of drug-likeness (QED) is 0.501. The third-order valence-electron chi connectivity index (χ3n) is 3.86. The minimum Gasteiger partial charge on any atom is -0.508 e. The van der Waals surface area contributed by atoms with Crippen LogP contribution in [-0.4, -0.2) is 46.8 Å². The molecule has 0 bridgehead atoms. The minimum atomic E-state index is -4.33. The molecule has 1 aromatic rings. The van der Waals surface area contributed by atoms with Crippen LogP contribution in [-0.2, 0) is 10.9 Å². The van der Waals surface area contributed by atoms with Gasteiger partial charge in [-0.15, -0.1) is 0 Å². The number of ether oxygens (including phenoxy) is 1. The highest BCUT2D eigenvalue weighted by Crippen LogP contribution is 2.29. The largest absolute Gasteiger partial charge is 0.508 e. The molecule has 0 aromatic heterocycles. The number of benzene rings is 1. The molecule has 1 heterocycles. The predicted molar refractivity (Wildman–Crippen MR) is 125 cm³/mol. The summed E-state index contributed by atoms with van der Waals surface area (Å²) in [7, 11) is 0. The Balaban J connectivity index is 0. The SMILES string of the molecule is CC.CC.CSCCC1CCN(C(=O)OC(C)(C)C)C1.Oc1ccc(C(F)(F)F)cc1. The monoisotopic (exact) mass is 467 g/mol. The molecule has 31 heavy (non-hydrogen) atoms. The van der Waals surface area contributed by atoms with Crippen molar-refractivity contribution < 1.29 is 27.8 Å². The first kappa shape index (κ1) is 31.6. The highest BCUT2D eigenvalue weighted by Gasteiger charge is 2.30. The lowest BCUT2D eigenvalue weighted by molar-refractivity contribution is -0.137. The number of likely N-dealkylation sites (tertiary alicyclic amines) is 1. The maximum atomic E-state index is 11.8. The summed E-state index contributed by atoms with van der Waals surface area (Å²) in [5.74, 6) is 1.69. The molecule has 0 spiro atoms. The normalized spacial score (nSPS) is 15.5. The first-order valence-corrected chi connectivity index (χ1v) is 12.1. The lowest BCUT2D eigenvalue weighted by Gasteiger charge is -2.24. The van der Waals surface area contributed by atoms with Crippen molar-refractivity contribution in [3.05, 3.63) is 29.8 Å². The van der Waals surface area contributed by atoms with E-state index in [2.05, 4.69) is 6.26 Å². The van der Waals surface area contributed by atoms with E-state index in [1.165, 1.54) is 12.2 Å². The van der Waals surface area contributed by atoms with Crippen LogP contribution >= 0.6 is 11.8 Å². The summed E-state index contributed by atoms with van der Waals surface area (Å²) in [4.78, 5) is 13.6. The molecule has 0 saturated carbocycles. The summed E-state index contributed by atoms with van der Waals surface area (Å²) in [6.45, 7) is 15.5. The number of phenols is 1. The molecule has 4 nitrogen and oxygen atoms in total. The molecule has 0 radical (unpaired) electrons. The number of nitrogens with zero attached hydrogens (tertiary/aromatic N) is 1. The molecule has 1 atom stereocenters. The minimum absolute atomic E-state index is 0.154. The molecule has 0 aliphatic carbocycles. The van der Waals surface area contributed by atoms with Gasteiger partial charge in [0.2, 0.25) is 0 Å². The van der Waals surface area contributed by atoms with E-state index in [4.69, 9.17) is 9.84 Å². The van der Waals surface area contributed by atoms with Gasteiger partial charge in [0.25, 0.3) is 0 Å². The number of thioether (sulfide) groups is 1. The molecule has 8 heteroatoms. The van der Waals surface area contributed by atoms with Crippen LogP contribution in [0.5, 0.6) is 5.75 Å². The zero-order valence-electron chi connectivity index (χ0n) is 20.2. The molecule has 2 rings (SSSR count). The van der Waals surface area contributed by atoms with E-state index >= 15 is 0 Å². The highest BCUT2D eigenvalue weighted by atomic mass is 32.2. The predicted octanol–water partition coefficient (Wildman–Crippen LogP) is 7.46. The van der Waals surface area contributed by atoms with E-state index in [-0.39, 0.29) is 17.4 Å². The van der Waals surface area contributed by atoms with Gasteiger partial charge in [0.15, 0.2) is 0 Å². The highest BCUT2D eigenvalue weighted by molar-refractivity contribution is 7.98. The molecule has 1 N–H and O–H groups in total. The number of amides is 1. The molecule has 1 aliphatic rings. The molecule has 1 aliphatic heterocycles. The summed E-state index contributed by atoms with van der Waals surface area (Å²) in [5, 5.41) is 8.66. The van der Waals surface area contributed by atoms with E-state index in [0.717, 1.165) is 43.8 Å². The van der Waals surface area contributed by atoms with E-state index in [9.17, 15) is 18.0 Å². The summed E-state index contributed by atoms with van der Waals surface area (Å²) >= 11 is 1.87. The van der Waals surface area contributed by atoms with E-state index < -0.39 is 11.7 Å². The Morgan fingerprint density at radius 1 is 1.13 bits per heavy atom. The van der Waals surface area contributed by atoms with Gasteiger partial charge in [-0.05, 0) is 75.8 Å². The number of hydrogen-bond acceptors (Lipinski definition) is 4. The smallest absolute Gasteiger partial charge is 0.416 e. The summed E-state index contributed by atoms with van der Waals surface area (Å²) in [6, 6.07) is 3.66. The number of carbonyl (C=O) groups excluding carboxylic acids is 1. The van der Waals surface area contributed by atoms with E-state index in [1.807, 2.05) is 65.1 Å². The Morgan fingerprint density at radius 3 is 2.06 bits per heavy atom. The Bertz CT molecular complexity index is 587. The number of aromatic hydroxyl groups is 1. The molecular formula is C23H40F3NO3S. The van der Waals surface area contributed by atoms with Gasteiger partial charge in [-0.25, -0.2) is 4.79 Å². The van der Waals surface area contributed by atoms with Gasteiger partial charge in [-0.3, -0.25) is 0 Å². The molecule has 1 unspecified atom stereocenters. The lowest BCUT2D eigenvalue weighted by Crippen LogP contribution is -2.35. The summed E-state index contributed by atoms with van der Waals surface area (Å²) in [5.41, 5.74) is -1.13. The van der Waals surface area contributed by atoms with Gasteiger partial charge in [-0.1, -0.05) is 27.7 Å². The van der Waals surface area contributed by atoms with Crippen LogP contribution < -0.4 is 0 Å². The molecular weight excluding hydrogens is 427 g/mol. The first-order chi connectivity index (χ1) is 14.4. The van der Waals surface area contributed by atoms with Gasteiger partial charge in [0.05, 0.1) is 5.56 Å². The van der Waals surface area contributed by atoms with Gasteiger partial charge in [0.1, 0.15) is 11.4 Å². The third-order valence-corrected chi connectivity index (χ3v) is 4.51. The van der Waals surface area contributed by atoms with Crippen molar-refractivity contribution in [1.29, 1.82) is 0 Å². The Kier molecular flexibility index (Phi) is 16.4. The van der Waals surface area contributed by atoms with Crippen LogP contribution in [0.25, 0.3) is 0 Å². The fourth-order valence-electron chi connectivity index (χ4n) is 2.50. The Hall–Kier alpha value is -1.57. The first-order valence-electron chi connectivity index (χ1n) is 10.8. The number of hydrogen-bond donors (Lipinski definition) is 1. The van der Waals surface area contributed by atoms with E-state index in [1.54, 1.807) is 0 Å². The van der Waals surface area contributed by atoms with Gasteiger partial charge in [-0.2, -0.15) is 24.9 Å². The Morgan fingerprint density at radius 2 is 1.65 bits per heavy atom. The second kappa shape index (κ2) is 16.1. The molecule has 1 saturated heterocycles. The van der Waals surface area contributed by atoms with Gasteiger partial charge in [0, 0.05) is 13.1 Å². The summed E-state index contributed by atoms with van der Waals surface area (Å²) in [6.07, 6.45) is -0.0201. The maximum absolute atomic E-state index is 11.8. The molecule has 1 fully saturated rings. The van der Waals surface area contributed by atoms with Crippen molar-refractivity contribution in [2.24, 2.45) is 5.92 Å². The van der Waals surface area contributed by atoms with Crippen LogP contribution in [0.1, 0.15) is 66.9 Å². The molecule has 1 aromatic carbocycles. The number of phenolic OH excluding ortho intramolecular Hbond substituents is 1. The average molecular weight is 468 g/mol. The fourth-order valence-corrected chi connectivity index (χ4v) is 3.06. The van der Waals surface area contributed by atoms with Crippen molar-refractivity contribution in [2.45, 2.75) is 73.1 Å². The number of rotatable bonds is 3. The Labute approximate surface area is 190 Å². The van der Waals surface area contributed by atoms with Crippen molar-refractivity contribution in [3.8, 4) is 5.75 Å². The van der Waals surface area contributed by atoms with Crippen LogP contribution in [0.15, 0.2) is 24.3 Å². The average Bonchev–Trinajstić information content (AvgIpc) is 3.18. The topological polar surface area (TPSA) is 49.8 Å². The number of alkyl halides is 3. The van der Waals surface area contributed by atoms with Crippen molar-refractivity contribution in [2.75, 3.05) is 25.1 Å². The lowest BCUT2D eigenvalue weighted by atomic mass is 10.1. The van der Waals surface area contributed by atoms with E-state index in [0.29, 0.717) is 5.92 Å². The van der Waals surface area contributed by atoms with Gasteiger partial charge < -0.3 is 14.7 Å². The third kappa shape index (κ3) is 15.0. The van der Waals surface area contributed by atoms with Crippen LogP contribution in [0.3, 0.4) is 0 Å². The van der Waals surface area contributed by atoms with Crippen LogP contribution in [0.2, 0.25) is 0 Å². The van der Waals surface area contributed by atoms with Crippen LogP contribution in [0, 0.1) is 5.92 Å². The fraction of sp³-hybridized carbons (Fsp3) is 0.696. The second-order valence-corrected chi connectivity index (χ2v) is 8.39. The summed E-state index contributed by atoms with van der Waals surface area (Å²) < 4.78 is 40.9. The zero-order valence-corrected chi connectivity index (χ0v) is 21.0. The standard InChI is InChI=1S/C12H23NO2S.C7H5F3O.2C2H6/c1-12(2,3)15-11(14)13-7-5-10(9-13)6-8-16-4;8-7(9,10)5-1-3-6(11)4-2-5;2*1-2/h10H,5-9H2,1-4H3;1-4,11H;2*1-2H3. The number of carbonyl (C=O) groups is 1. The van der Waals surface area contributed by atoms with Gasteiger partial charge >= 0.3 is 12.3 Å². The van der Waals surface area contributed by atoms with Crippen molar-refractivity contribution in [3.63, 3.8) is 0 Å². The molecule has 182 valence electrons. The number of halogens is 3. The molecule has 1 amide bonds. The maximum Gasteiger partial charge on any atom is 0.416 e. The zero-order chi connectivity index (χ0) is 24.7. The second-order valence-electron chi connectivity index (χ2n) is 7.41.